The number of aliphatic hydroxyl groups is 1. The van der Waals surface area contributed by atoms with Crippen molar-refractivity contribution in [1.29, 1.82) is 5.26 Å². The van der Waals surface area contributed by atoms with E-state index in [1.54, 1.807) is 11.3 Å². The summed E-state index contributed by atoms with van der Waals surface area (Å²) >= 11 is 1.54. The number of nitrogens with one attached hydrogen (secondary N) is 1. The van der Waals surface area contributed by atoms with Crippen molar-refractivity contribution in [2.45, 2.75) is 44.9 Å². The van der Waals surface area contributed by atoms with Crippen LogP contribution in [0.3, 0.4) is 0 Å². The summed E-state index contributed by atoms with van der Waals surface area (Å²) in [5.74, 6) is -0.123. The van der Waals surface area contributed by atoms with Gasteiger partial charge >= 0.3 is 0 Å². The van der Waals surface area contributed by atoms with Crippen LogP contribution in [0.4, 0.5) is 5.00 Å². The summed E-state index contributed by atoms with van der Waals surface area (Å²) < 4.78 is 0. The van der Waals surface area contributed by atoms with E-state index in [1.165, 1.54) is 11.3 Å². The largest absolute Gasteiger partial charge is 0.396 e. The number of fused-ring (bicyclic) bond motifs is 1. The zero-order chi connectivity index (χ0) is 13.7. The zero-order valence-electron chi connectivity index (χ0n) is 10.9. The summed E-state index contributed by atoms with van der Waals surface area (Å²) in [6, 6.07) is 2.24. The van der Waals surface area contributed by atoms with Gasteiger partial charge < -0.3 is 10.4 Å². The van der Waals surface area contributed by atoms with Crippen LogP contribution in [0.15, 0.2) is 0 Å². The Labute approximate surface area is 117 Å². The molecule has 0 aliphatic heterocycles. The number of anilines is 1. The van der Waals surface area contributed by atoms with Crippen LogP contribution < -0.4 is 5.32 Å². The maximum absolute atomic E-state index is 11.7. The predicted molar refractivity (Wildman–Crippen MR) is 75.2 cm³/mol. The van der Waals surface area contributed by atoms with E-state index >= 15 is 0 Å². The molecule has 5 heteroatoms. The third-order valence-electron chi connectivity index (χ3n) is 3.35. The van der Waals surface area contributed by atoms with Gasteiger partial charge in [0.15, 0.2) is 0 Å². The Kier molecular flexibility index (Phi) is 4.94. The molecule has 0 unspecified atom stereocenters. The minimum Gasteiger partial charge on any atom is -0.396 e. The highest BCUT2D eigenvalue weighted by Gasteiger charge is 2.20. The number of aryl methyl sites for hydroxylation is 1. The minimum absolute atomic E-state index is 0.0134. The molecular formula is C14H18N2O2S. The van der Waals surface area contributed by atoms with Gasteiger partial charge in [0, 0.05) is 17.9 Å². The molecule has 1 heterocycles. The van der Waals surface area contributed by atoms with Crippen molar-refractivity contribution in [3.05, 3.63) is 16.0 Å². The minimum atomic E-state index is -0.123. The number of hydrogen-bond donors (Lipinski definition) is 2. The van der Waals surface area contributed by atoms with Crippen LogP contribution in [-0.2, 0) is 17.6 Å². The molecule has 1 aliphatic rings. The summed E-state index contributed by atoms with van der Waals surface area (Å²) in [6.45, 7) is 0.0134. The van der Waals surface area contributed by atoms with Crippen LogP contribution in [0, 0.1) is 11.3 Å². The Hall–Kier alpha value is -1.38. The molecule has 0 atom stereocenters. The van der Waals surface area contributed by atoms with Gasteiger partial charge in [0.25, 0.3) is 0 Å². The molecule has 2 N–H and O–H groups in total. The van der Waals surface area contributed by atoms with Crippen molar-refractivity contribution >= 4 is 22.2 Å². The number of carbonyl (C=O) groups is 1. The predicted octanol–water partition coefficient (Wildman–Crippen LogP) is 2.60. The number of rotatable bonds is 4. The van der Waals surface area contributed by atoms with Crippen molar-refractivity contribution < 1.29 is 9.90 Å². The van der Waals surface area contributed by atoms with Gasteiger partial charge in [-0.3, -0.25) is 4.79 Å². The van der Waals surface area contributed by atoms with E-state index in [0.717, 1.165) is 31.2 Å². The van der Waals surface area contributed by atoms with E-state index in [0.29, 0.717) is 23.4 Å². The molecule has 0 aromatic carbocycles. The fraction of sp³-hybridized carbons (Fsp3) is 0.571. The van der Waals surface area contributed by atoms with Gasteiger partial charge in [-0.25, -0.2) is 0 Å². The first-order valence-electron chi connectivity index (χ1n) is 6.71. The third-order valence-corrected chi connectivity index (χ3v) is 4.56. The van der Waals surface area contributed by atoms with E-state index < -0.39 is 0 Å². The molecule has 1 aromatic rings. The molecule has 1 aromatic heterocycles. The Morgan fingerprint density at radius 2 is 2.16 bits per heavy atom. The molecule has 0 spiro atoms. The molecule has 0 fully saturated rings. The van der Waals surface area contributed by atoms with E-state index in [9.17, 15) is 10.1 Å². The smallest absolute Gasteiger partial charge is 0.225 e. The monoisotopic (exact) mass is 278 g/mol. The van der Waals surface area contributed by atoms with Gasteiger partial charge in [0.1, 0.15) is 11.1 Å². The number of nitrogens with zero attached hydrogens (tertiary/aromatic N) is 1. The van der Waals surface area contributed by atoms with Gasteiger partial charge in [-0.1, -0.05) is 6.42 Å². The third kappa shape index (κ3) is 3.34. The highest BCUT2D eigenvalue weighted by atomic mass is 32.1. The SMILES string of the molecule is N#Cc1c(NC(=O)CCCO)sc2c1CCCCC2. The van der Waals surface area contributed by atoms with Crippen molar-refractivity contribution in [3.8, 4) is 6.07 Å². The Bertz CT molecular complexity index is 502. The first-order chi connectivity index (χ1) is 9.26. The van der Waals surface area contributed by atoms with Gasteiger partial charge in [-0.2, -0.15) is 5.26 Å². The number of carbonyl (C=O) groups excluding carboxylic acids is 1. The first kappa shape index (κ1) is 14.0. The maximum Gasteiger partial charge on any atom is 0.225 e. The lowest BCUT2D eigenvalue weighted by molar-refractivity contribution is -0.116. The number of nitriles is 1. The molecule has 1 amide bonds. The standard InChI is InChI=1S/C14H18N2O2S/c15-9-11-10-5-2-1-3-6-12(10)19-14(11)16-13(18)7-4-8-17/h17H,1-8H2,(H,16,18). The van der Waals surface area contributed by atoms with Crippen molar-refractivity contribution in [2.75, 3.05) is 11.9 Å². The Morgan fingerprint density at radius 3 is 2.89 bits per heavy atom. The molecule has 0 saturated heterocycles. The molecule has 0 saturated carbocycles. The lowest BCUT2D eigenvalue weighted by atomic mass is 10.1. The van der Waals surface area contributed by atoms with E-state index in [1.807, 2.05) is 0 Å². The topological polar surface area (TPSA) is 73.1 Å². The number of amides is 1. The molecular weight excluding hydrogens is 260 g/mol. The fourth-order valence-corrected chi connectivity index (χ4v) is 3.63. The summed E-state index contributed by atoms with van der Waals surface area (Å²) in [5.41, 5.74) is 1.79. The number of aliphatic hydroxyl groups excluding tert-OH is 1. The van der Waals surface area contributed by atoms with Crippen LogP contribution >= 0.6 is 11.3 Å². The molecule has 0 radical (unpaired) electrons. The van der Waals surface area contributed by atoms with Crippen molar-refractivity contribution in [3.63, 3.8) is 0 Å². The molecule has 0 bridgehead atoms. The Balaban J connectivity index is 2.17. The van der Waals surface area contributed by atoms with Crippen LogP contribution in [0.5, 0.6) is 0 Å². The first-order valence-corrected chi connectivity index (χ1v) is 7.53. The summed E-state index contributed by atoms with van der Waals surface area (Å²) in [4.78, 5) is 13.0. The normalized spacial score (nSPS) is 14.3. The highest BCUT2D eigenvalue weighted by Crippen LogP contribution is 2.36. The summed E-state index contributed by atoms with van der Waals surface area (Å²) in [6.07, 6.45) is 6.21. The molecule has 4 nitrogen and oxygen atoms in total. The van der Waals surface area contributed by atoms with Crippen molar-refractivity contribution in [2.24, 2.45) is 0 Å². The number of hydrogen-bond acceptors (Lipinski definition) is 4. The summed E-state index contributed by atoms with van der Waals surface area (Å²) in [5, 5.41) is 21.5. The lowest BCUT2D eigenvalue weighted by Crippen LogP contribution is -2.11. The quantitative estimate of drug-likeness (QED) is 0.831. The molecule has 1 aliphatic carbocycles. The maximum atomic E-state index is 11.7. The molecule has 19 heavy (non-hydrogen) atoms. The molecule has 102 valence electrons. The van der Waals surface area contributed by atoms with Crippen LogP contribution in [0.2, 0.25) is 0 Å². The van der Waals surface area contributed by atoms with Gasteiger partial charge in [-0.05, 0) is 37.7 Å². The second kappa shape index (κ2) is 6.69. The summed E-state index contributed by atoms with van der Waals surface area (Å²) in [7, 11) is 0. The molecule has 2 rings (SSSR count). The second-order valence-corrected chi connectivity index (χ2v) is 5.86. The number of thiophene rings is 1. The van der Waals surface area contributed by atoms with E-state index in [2.05, 4.69) is 11.4 Å². The van der Waals surface area contributed by atoms with E-state index in [4.69, 9.17) is 5.11 Å². The van der Waals surface area contributed by atoms with E-state index in [-0.39, 0.29) is 12.5 Å². The lowest BCUT2D eigenvalue weighted by Gasteiger charge is -2.03. The average molecular weight is 278 g/mol. The van der Waals surface area contributed by atoms with Gasteiger partial charge in [0.2, 0.25) is 5.91 Å². The van der Waals surface area contributed by atoms with Crippen LogP contribution in [-0.4, -0.2) is 17.6 Å². The van der Waals surface area contributed by atoms with Gasteiger partial charge in [-0.15, -0.1) is 11.3 Å². The van der Waals surface area contributed by atoms with Crippen LogP contribution in [0.25, 0.3) is 0 Å². The second-order valence-electron chi connectivity index (χ2n) is 4.76. The Morgan fingerprint density at radius 1 is 1.37 bits per heavy atom. The van der Waals surface area contributed by atoms with Crippen molar-refractivity contribution in [1.82, 2.24) is 0 Å². The van der Waals surface area contributed by atoms with Crippen LogP contribution in [0.1, 0.15) is 48.1 Å². The fourth-order valence-electron chi connectivity index (χ4n) is 2.38. The highest BCUT2D eigenvalue weighted by molar-refractivity contribution is 7.16. The zero-order valence-corrected chi connectivity index (χ0v) is 11.7. The average Bonchev–Trinajstić information content (AvgIpc) is 2.58. The van der Waals surface area contributed by atoms with Gasteiger partial charge in [0.05, 0.1) is 5.56 Å².